The van der Waals surface area contributed by atoms with Crippen molar-refractivity contribution >= 4 is 11.7 Å². The second-order valence-corrected chi connectivity index (χ2v) is 6.80. The van der Waals surface area contributed by atoms with Crippen molar-refractivity contribution < 1.29 is 19.1 Å². The number of ether oxygens (including phenoxy) is 2. The Hall–Kier alpha value is -2.86. The van der Waals surface area contributed by atoms with E-state index >= 15 is 0 Å². The molecule has 0 unspecified atom stereocenters. The van der Waals surface area contributed by atoms with Crippen molar-refractivity contribution in [3.63, 3.8) is 0 Å². The molecule has 0 fully saturated rings. The molecule has 0 saturated carbocycles. The maximum Gasteiger partial charge on any atom is 0.322 e. The number of rotatable bonds is 5. The molecule has 1 aliphatic heterocycles. The van der Waals surface area contributed by atoms with Crippen LogP contribution in [0.4, 0.5) is 0 Å². The van der Waals surface area contributed by atoms with E-state index in [9.17, 15) is 4.79 Å². The van der Waals surface area contributed by atoms with Crippen molar-refractivity contribution in [2.75, 3.05) is 14.2 Å². The average Bonchev–Trinajstić information content (AvgIpc) is 2.92. The Balaban J connectivity index is 2.10. The van der Waals surface area contributed by atoms with E-state index in [1.807, 2.05) is 62.4 Å². The fourth-order valence-corrected chi connectivity index (χ4v) is 3.29. The van der Waals surface area contributed by atoms with Crippen LogP contribution in [-0.2, 0) is 9.63 Å². The van der Waals surface area contributed by atoms with Crippen LogP contribution in [-0.4, -0.2) is 36.5 Å². The number of hydrogen-bond acceptors (Lipinski definition) is 6. The Labute approximate surface area is 159 Å². The van der Waals surface area contributed by atoms with Gasteiger partial charge in [-0.25, -0.2) is 0 Å². The van der Waals surface area contributed by atoms with E-state index in [1.165, 1.54) is 6.92 Å². The molecule has 2 aromatic rings. The lowest BCUT2D eigenvalue weighted by atomic mass is 9.93. The van der Waals surface area contributed by atoms with Gasteiger partial charge in [-0.1, -0.05) is 41.5 Å². The van der Waals surface area contributed by atoms with Gasteiger partial charge in [-0.2, -0.15) is 0 Å². The van der Waals surface area contributed by atoms with Crippen molar-refractivity contribution in [2.45, 2.75) is 32.5 Å². The van der Waals surface area contributed by atoms with Gasteiger partial charge in [0.15, 0.2) is 17.7 Å². The van der Waals surface area contributed by atoms with E-state index < -0.39 is 17.7 Å². The fourth-order valence-electron chi connectivity index (χ4n) is 3.29. The Morgan fingerprint density at radius 3 is 2.30 bits per heavy atom. The van der Waals surface area contributed by atoms with Gasteiger partial charge in [0.1, 0.15) is 0 Å². The van der Waals surface area contributed by atoms with Crippen LogP contribution >= 0.6 is 0 Å². The molecule has 0 saturated heterocycles. The fraction of sp³-hybridized carbons (Fsp3) is 0.333. The first-order chi connectivity index (χ1) is 12.9. The summed E-state index contributed by atoms with van der Waals surface area (Å²) >= 11 is 0. The van der Waals surface area contributed by atoms with Crippen LogP contribution in [0, 0.1) is 0 Å². The minimum atomic E-state index is -0.606. The Kier molecular flexibility index (Phi) is 5.19. The highest BCUT2D eigenvalue weighted by Crippen LogP contribution is 2.41. The zero-order valence-corrected chi connectivity index (χ0v) is 16.2. The summed E-state index contributed by atoms with van der Waals surface area (Å²) in [7, 11) is 3.18. The van der Waals surface area contributed by atoms with Crippen LogP contribution in [0.15, 0.2) is 53.5 Å². The van der Waals surface area contributed by atoms with Gasteiger partial charge in [-0.05, 0) is 37.1 Å². The van der Waals surface area contributed by atoms with Crippen LogP contribution in [0.2, 0.25) is 0 Å². The third kappa shape index (κ3) is 3.53. The largest absolute Gasteiger partial charge is 0.493 e. The molecule has 0 aliphatic carbocycles. The molecule has 0 amide bonds. The third-order valence-corrected chi connectivity index (χ3v) is 4.58. The minimum Gasteiger partial charge on any atom is -0.493 e. The van der Waals surface area contributed by atoms with E-state index in [1.54, 1.807) is 19.3 Å². The molecule has 1 atom stereocenters. The van der Waals surface area contributed by atoms with E-state index in [0.29, 0.717) is 11.5 Å². The van der Waals surface area contributed by atoms with Crippen molar-refractivity contribution in [3.8, 4) is 11.5 Å². The van der Waals surface area contributed by atoms with Crippen LogP contribution in [0.5, 0.6) is 11.5 Å². The minimum absolute atomic E-state index is 0.391. The molecule has 0 spiro atoms. The third-order valence-electron chi connectivity index (χ3n) is 4.58. The molecule has 3 rings (SSSR count). The summed E-state index contributed by atoms with van der Waals surface area (Å²) in [5.74, 6) is 0.835. The lowest BCUT2D eigenvalue weighted by Crippen LogP contribution is -2.47. The number of nitrogens with zero attached hydrogens (tertiary/aromatic N) is 2. The predicted molar refractivity (Wildman–Crippen MR) is 103 cm³/mol. The van der Waals surface area contributed by atoms with Gasteiger partial charge in [0.05, 0.1) is 25.5 Å². The van der Waals surface area contributed by atoms with Crippen molar-refractivity contribution in [3.05, 3.63) is 59.7 Å². The van der Waals surface area contributed by atoms with Gasteiger partial charge in [-0.15, -0.1) is 0 Å². The summed E-state index contributed by atoms with van der Waals surface area (Å²) in [5, 5.41) is 1.64. The van der Waals surface area contributed by atoms with Crippen LogP contribution in [0.25, 0.3) is 0 Å². The first-order valence-corrected chi connectivity index (χ1v) is 8.72. The topological polar surface area (TPSA) is 60.4 Å². The first-order valence-electron chi connectivity index (χ1n) is 8.72. The summed E-state index contributed by atoms with van der Waals surface area (Å²) in [6.45, 7) is 5.37. The number of methoxy groups -OCH3 is 2. The van der Waals surface area contributed by atoms with Crippen LogP contribution < -0.4 is 9.47 Å². The summed E-state index contributed by atoms with van der Waals surface area (Å²) in [6, 6.07) is 15.5. The van der Waals surface area contributed by atoms with Gasteiger partial charge in [-0.3, -0.25) is 9.79 Å². The number of hydroxylamine groups is 2. The van der Waals surface area contributed by atoms with Gasteiger partial charge in [0.2, 0.25) is 0 Å². The Bertz CT molecular complexity index is 862. The number of carbonyl (C=O) groups excluding carboxylic acids is 1. The number of aliphatic imine (C=N–C) groups is 1. The summed E-state index contributed by atoms with van der Waals surface area (Å²) in [6.07, 6.45) is -0.487. The molecule has 0 radical (unpaired) electrons. The molecule has 0 aromatic heterocycles. The van der Waals surface area contributed by atoms with Crippen molar-refractivity contribution in [2.24, 2.45) is 4.99 Å². The molecular formula is C21H24N2O4. The lowest BCUT2D eigenvalue weighted by molar-refractivity contribution is -0.214. The second-order valence-electron chi connectivity index (χ2n) is 6.80. The second kappa shape index (κ2) is 7.40. The maximum atomic E-state index is 11.8. The average molecular weight is 368 g/mol. The first kappa shape index (κ1) is 18.9. The monoisotopic (exact) mass is 368 g/mol. The lowest BCUT2D eigenvalue weighted by Gasteiger charge is -2.33. The highest BCUT2D eigenvalue weighted by atomic mass is 16.7. The van der Waals surface area contributed by atoms with Crippen molar-refractivity contribution in [1.82, 2.24) is 5.06 Å². The van der Waals surface area contributed by atoms with E-state index in [-0.39, 0.29) is 0 Å². The highest BCUT2D eigenvalue weighted by Gasteiger charge is 2.46. The van der Waals surface area contributed by atoms with E-state index in [2.05, 4.69) is 0 Å². The number of hydrogen-bond donors (Lipinski definition) is 0. The van der Waals surface area contributed by atoms with Gasteiger partial charge >= 0.3 is 5.97 Å². The van der Waals surface area contributed by atoms with Gasteiger partial charge in [0.25, 0.3) is 0 Å². The van der Waals surface area contributed by atoms with Crippen LogP contribution in [0.1, 0.15) is 38.1 Å². The zero-order chi connectivity index (χ0) is 19.6. The molecule has 142 valence electrons. The standard InChI is InChI=1S/C21H24N2O4/c1-14(24)27-23-20(16-11-12-17(25-4)18(13-16)26-5)22-19(21(23,2)3)15-9-7-6-8-10-15/h6-13,20H,1-5H3/t20-/m0/s1. The SMILES string of the molecule is COc1ccc([C@H]2N=C(c3ccccc3)C(C)(C)N2OC(C)=O)cc1OC. The van der Waals surface area contributed by atoms with Gasteiger partial charge in [0, 0.05) is 6.92 Å². The zero-order valence-electron chi connectivity index (χ0n) is 16.2. The van der Waals surface area contributed by atoms with E-state index in [0.717, 1.165) is 16.8 Å². The molecule has 2 aromatic carbocycles. The molecule has 0 N–H and O–H groups in total. The van der Waals surface area contributed by atoms with Gasteiger partial charge < -0.3 is 14.3 Å². The molecule has 6 heteroatoms. The molecular weight excluding hydrogens is 344 g/mol. The quantitative estimate of drug-likeness (QED) is 0.804. The normalized spacial score (nSPS) is 18.7. The summed E-state index contributed by atoms with van der Waals surface area (Å²) in [5.41, 5.74) is 2.07. The summed E-state index contributed by atoms with van der Waals surface area (Å²) < 4.78 is 10.7. The molecule has 6 nitrogen and oxygen atoms in total. The molecule has 1 aliphatic rings. The maximum absolute atomic E-state index is 11.8. The number of benzene rings is 2. The Morgan fingerprint density at radius 1 is 1.04 bits per heavy atom. The Morgan fingerprint density at radius 2 is 1.70 bits per heavy atom. The smallest absolute Gasteiger partial charge is 0.322 e. The predicted octanol–water partition coefficient (Wildman–Crippen LogP) is 3.76. The molecule has 1 heterocycles. The molecule has 0 bridgehead atoms. The highest BCUT2D eigenvalue weighted by molar-refractivity contribution is 6.08. The summed E-state index contributed by atoms with van der Waals surface area (Å²) in [4.78, 5) is 22.3. The van der Waals surface area contributed by atoms with E-state index in [4.69, 9.17) is 19.3 Å². The molecule has 27 heavy (non-hydrogen) atoms. The van der Waals surface area contributed by atoms with Crippen molar-refractivity contribution in [1.29, 1.82) is 0 Å². The van der Waals surface area contributed by atoms with Crippen LogP contribution in [0.3, 0.4) is 0 Å². The number of carbonyl (C=O) groups is 1.